The maximum atomic E-state index is 11.1. The van der Waals surface area contributed by atoms with Gasteiger partial charge < -0.3 is 9.47 Å². The summed E-state index contributed by atoms with van der Waals surface area (Å²) in [6.07, 6.45) is 2.74. The minimum atomic E-state index is -1.98. The van der Waals surface area contributed by atoms with Gasteiger partial charge in [-0.25, -0.2) is 0 Å². The molecule has 1 rings (SSSR count). The van der Waals surface area contributed by atoms with Crippen LogP contribution in [-0.4, -0.2) is 29.1 Å². The molecule has 0 amide bonds. The number of rotatable bonds is 2. The van der Waals surface area contributed by atoms with Gasteiger partial charge in [0, 0.05) is 6.61 Å². The molecule has 1 heterocycles. The normalized spacial score (nSPS) is 21.1. The van der Waals surface area contributed by atoms with Crippen LogP contribution in [0.4, 0.5) is 0 Å². The lowest BCUT2D eigenvalue weighted by Gasteiger charge is -2.21. The van der Waals surface area contributed by atoms with Crippen LogP contribution in [0.15, 0.2) is 0 Å². The van der Waals surface area contributed by atoms with Gasteiger partial charge in [0.15, 0.2) is 6.29 Å². The van der Waals surface area contributed by atoms with Crippen LogP contribution >= 0.6 is 34.8 Å². The van der Waals surface area contributed by atoms with Crippen molar-refractivity contribution < 1.29 is 14.3 Å². The van der Waals surface area contributed by atoms with Gasteiger partial charge in [0.05, 0.1) is 0 Å². The van der Waals surface area contributed by atoms with E-state index in [-0.39, 0.29) is 12.9 Å². The summed E-state index contributed by atoms with van der Waals surface area (Å²) in [6.45, 7) is 0.794. The number of hydrogen-bond acceptors (Lipinski definition) is 3. The minimum absolute atomic E-state index is 0.0944. The third-order valence-corrected chi connectivity index (χ3v) is 2.45. The second kappa shape index (κ2) is 6.68. The largest absolute Gasteiger partial charge is 0.353 e. The van der Waals surface area contributed by atoms with Gasteiger partial charge in [-0.05, 0) is 25.2 Å². The van der Waals surface area contributed by atoms with Crippen LogP contribution in [0.3, 0.4) is 0 Å². The van der Waals surface area contributed by atoms with Gasteiger partial charge in [0.25, 0.3) is 9.58 Å². The highest BCUT2D eigenvalue weighted by Gasteiger charge is 2.28. The fraction of sp³-hybridized carbons (Fsp3) is 0.700. The van der Waals surface area contributed by atoms with Crippen molar-refractivity contribution in [2.24, 2.45) is 0 Å². The van der Waals surface area contributed by atoms with Crippen molar-refractivity contribution in [3.63, 3.8) is 0 Å². The Morgan fingerprint density at radius 3 is 2.75 bits per heavy atom. The standard InChI is InChI=1S/C10H11Cl3O3/c11-10(12,13)8(14)4-3-7-16-9-5-1-2-6-15-9/h9H,1-2,5-7H2. The molecular formula is C10H11Cl3O3. The number of alkyl halides is 3. The second-order valence-corrected chi connectivity index (χ2v) is 5.52. The van der Waals surface area contributed by atoms with Crippen molar-refractivity contribution in [2.45, 2.75) is 29.3 Å². The molecule has 1 aliphatic heterocycles. The molecule has 0 N–H and O–H groups in total. The first-order valence-electron chi connectivity index (χ1n) is 4.83. The molecule has 16 heavy (non-hydrogen) atoms. The summed E-state index contributed by atoms with van der Waals surface area (Å²) in [6, 6.07) is 0. The summed E-state index contributed by atoms with van der Waals surface area (Å²) in [4.78, 5) is 11.1. The second-order valence-electron chi connectivity index (χ2n) is 3.24. The zero-order chi connectivity index (χ0) is 12.0. The third kappa shape index (κ3) is 5.38. The average molecular weight is 286 g/mol. The molecule has 0 bridgehead atoms. The van der Waals surface area contributed by atoms with Crippen LogP contribution in [0.2, 0.25) is 0 Å². The van der Waals surface area contributed by atoms with Gasteiger partial charge in [-0.15, -0.1) is 0 Å². The molecule has 1 saturated heterocycles. The topological polar surface area (TPSA) is 35.5 Å². The van der Waals surface area contributed by atoms with E-state index in [0.29, 0.717) is 6.61 Å². The van der Waals surface area contributed by atoms with Gasteiger partial charge in [-0.1, -0.05) is 40.7 Å². The minimum Gasteiger partial charge on any atom is -0.353 e. The van der Waals surface area contributed by atoms with E-state index in [4.69, 9.17) is 44.3 Å². The monoisotopic (exact) mass is 284 g/mol. The first-order valence-corrected chi connectivity index (χ1v) is 5.97. The Balaban J connectivity index is 2.24. The molecule has 0 aromatic heterocycles. The van der Waals surface area contributed by atoms with E-state index in [1.807, 2.05) is 0 Å². The molecule has 90 valence electrons. The molecule has 1 unspecified atom stereocenters. The Morgan fingerprint density at radius 2 is 2.19 bits per heavy atom. The molecule has 0 spiro atoms. The quantitative estimate of drug-likeness (QED) is 0.444. The fourth-order valence-electron chi connectivity index (χ4n) is 1.16. The molecule has 1 aliphatic rings. The highest BCUT2D eigenvalue weighted by atomic mass is 35.6. The average Bonchev–Trinajstić information content (AvgIpc) is 2.24. The fourth-order valence-corrected chi connectivity index (χ4v) is 1.31. The van der Waals surface area contributed by atoms with E-state index in [1.54, 1.807) is 0 Å². The zero-order valence-electron chi connectivity index (χ0n) is 8.47. The zero-order valence-corrected chi connectivity index (χ0v) is 10.7. The molecule has 1 fully saturated rings. The Labute approximate surface area is 109 Å². The van der Waals surface area contributed by atoms with Gasteiger partial charge in [-0.2, -0.15) is 0 Å². The summed E-state index contributed by atoms with van der Waals surface area (Å²) in [5.74, 6) is 3.92. The van der Waals surface area contributed by atoms with Crippen LogP contribution in [0.5, 0.6) is 0 Å². The van der Waals surface area contributed by atoms with E-state index in [2.05, 4.69) is 11.8 Å². The molecule has 0 aromatic carbocycles. The van der Waals surface area contributed by atoms with Gasteiger partial charge in [0.2, 0.25) is 0 Å². The first-order chi connectivity index (χ1) is 7.50. The van der Waals surface area contributed by atoms with Crippen molar-refractivity contribution in [1.29, 1.82) is 0 Å². The maximum absolute atomic E-state index is 11.1. The summed E-state index contributed by atoms with van der Waals surface area (Å²) < 4.78 is 8.59. The van der Waals surface area contributed by atoms with Crippen molar-refractivity contribution in [3.8, 4) is 11.8 Å². The molecule has 0 aromatic rings. The molecule has 6 heteroatoms. The SMILES string of the molecule is O=C(C#CCOC1CCCCO1)C(Cl)(Cl)Cl. The predicted octanol–water partition coefficient (Wildman–Crippen LogP) is 2.47. The number of carbonyl (C=O) groups is 1. The van der Waals surface area contributed by atoms with Crippen molar-refractivity contribution in [1.82, 2.24) is 0 Å². The summed E-state index contributed by atoms with van der Waals surface area (Å²) in [7, 11) is 0. The van der Waals surface area contributed by atoms with E-state index < -0.39 is 9.58 Å². The van der Waals surface area contributed by atoms with Crippen LogP contribution in [0, 0.1) is 11.8 Å². The van der Waals surface area contributed by atoms with Gasteiger partial charge in [-0.3, -0.25) is 4.79 Å². The first kappa shape index (κ1) is 14.1. The lowest BCUT2D eigenvalue weighted by atomic mass is 10.2. The van der Waals surface area contributed by atoms with Crippen LogP contribution in [0.1, 0.15) is 19.3 Å². The van der Waals surface area contributed by atoms with Crippen molar-refractivity contribution >= 4 is 40.6 Å². The number of carbonyl (C=O) groups excluding carboxylic acids is 1. The highest BCUT2D eigenvalue weighted by Crippen LogP contribution is 2.26. The van der Waals surface area contributed by atoms with E-state index >= 15 is 0 Å². The van der Waals surface area contributed by atoms with Gasteiger partial charge >= 0.3 is 0 Å². The van der Waals surface area contributed by atoms with Crippen LogP contribution < -0.4 is 0 Å². The van der Waals surface area contributed by atoms with Crippen LogP contribution in [0.25, 0.3) is 0 Å². The number of ether oxygens (including phenoxy) is 2. The number of ketones is 1. The maximum Gasteiger partial charge on any atom is 0.261 e. The van der Waals surface area contributed by atoms with Crippen molar-refractivity contribution in [2.75, 3.05) is 13.2 Å². The Morgan fingerprint density at radius 1 is 1.44 bits per heavy atom. The molecule has 3 nitrogen and oxygen atoms in total. The Kier molecular flexibility index (Phi) is 5.88. The number of halogens is 3. The smallest absolute Gasteiger partial charge is 0.261 e. The predicted molar refractivity (Wildman–Crippen MR) is 62.6 cm³/mol. The van der Waals surface area contributed by atoms with Gasteiger partial charge in [0.1, 0.15) is 6.61 Å². The molecule has 1 atom stereocenters. The summed E-state index contributed by atoms with van der Waals surface area (Å²) >= 11 is 16.0. The van der Waals surface area contributed by atoms with Crippen molar-refractivity contribution in [3.05, 3.63) is 0 Å². The van der Waals surface area contributed by atoms with E-state index in [1.165, 1.54) is 0 Å². The summed E-state index contributed by atoms with van der Waals surface area (Å²) in [5, 5.41) is 0. The highest BCUT2D eigenvalue weighted by molar-refractivity contribution is 6.77. The summed E-state index contributed by atoms with van der Waals surface area (Å²) in [5.41, 5.74) is 0. The third-order valence-electron chi connectivity index (χ3n) is 1.94. The Hall–Kier alpha value is 0.0200. The molecular weight excluding hydrogens is 274 g/mol. The molecule has 0 radical (unpaired) electrons. The molecule has 0 saturated carbocycles. The Bertz CT molecular complexity index is 295. The van der Waals surface area contributed by atoms with E-state index in [0.717, 1.165) is 19.3 Å². The van der Waals surface area contributed by atoms with E-state index in [9.17, 15) is 4.79 Å². The van der Waals surface area contributed by atoms with Crippen LogP contribution in [-0.2, 0) is 14.3 Å². The number of hydrogen-bond donors (Lipinski definition) is 0. The molecule has 0 aliphatic carbocycles. The number of Topliss-reactive ketones (excluding diaryl/α,β-unsaturated/α-hetero) is 1. The lowest BCUT2D eigenvalue weighted by Crippen LogP contribution is -2.22. The lowest BCUT2D eigenvalue weighted by molar-refractivity contribution is -0.154.